The Morgan fingerprint density at radius 1 is 1.25 bits per heavy atom. The van der Waals surface area contributed by atoms with Crippen LogP contribution in [0.2, 0.25) is 0 Å². The first kappa shape index (κ1) is 6.07. The topological polar surface area (TPSA) is 26.0 Å². The van der Waals surface area contributed by atoms with Gasteiger partial charge in [-0.15, -0.1) is 0 Å². The van der Waals surface area contributed by atoms with Gasteiger partial charge in [0.15, 0.2) is 0 Å². The van der Waals surface area contributed by atoms with Crippen molar-refractivity contribution in [3.05, 3.63) is 24.3 Å². The molecule has 2 heteroatoms. The van der Waals surface area contributed by atoms with E-state index < -0.39 is 0 Å². The van der Waals surface area contributed by atoms with E-state index in [1.807, 2.05) is 18.2 Å². The van der Waals surface area contributed by atoms with Crippen LogP contribution in [0.15, 0.2) is 24.3 Å². The molecule has 0 radical (unpaired) electrons. The summed E-state index contributed by atoms with van der Waals surface area (Å²) in [6.45, 7) is 0. The zero-order valence-electron chi connectivity index (χ0n) is 4.46. The summed E-state index contributed by atoms with van der Waals surface area (Å²) < 4.78 is 1.31. The van der Waals surface area contributed by atoms with Crippen molar-refractivity contribution in [1.29, 1.82) is 0 Å². The molecule has 0 aliphatic rings. The van der Waals surface area contributed by atoms with Gasteiger partial charge in [0.25, 0.3) is 0 Å². The van der Waals surface area contributed by atoms with Gasteiger partial charge in [0.05, 0.1) is 0 Å². The van der Waals surface area contributed by atoms with Crippen molar-refractivity contribution in [3.8, 4) is 0 Å². The fourth-order valence-electron chi connectivity index (χ4n) is 0.511. The molecular weight excluding hydrogens is 290 g/mol. The molecular formula is C6H6NTl. The normalized spacial score (nSPS) is 8.88. The van der Waals surface area contributed by atoms with Gasteiger partial charge in [-0.05, 0) is 0 Å². The third kappa shape index (κ3) is 1.21. The van der Waals surface area contributed by atoms with Gasteiger partial charge in [0, 0.05) is 0 Å². The zero-order chi connectivity index (χ0) is 5.98. The quantitative estimate of drug-likeness (QED) is 0.532. The van der Waals surface area contributed by atoms with Gasteiger partial charge < -0.3 is 0 Å². The van der Waals surface area contributed by atoms with Gasteiger partial charge in [-0.25, -0.2) is 0 Å². The Hall–Kier alpha value is -0.0579. The minimum atomic E-state index is 0.862. The Balaban J connectivity index is 3.13. The molecule has 0 saturated heterocycles. The van der Waals surface area contributed by atoms with E-state index in [1.54, 1.807) is 0 Å². The van der Waals surface area contributed by atoms with Crippen LogP contribution in [0.4, 0.5) is 5.69 Å². The van der Waals surface area contributed by atoms with Crippen LogP contribution in [0.1, 0.15) is 0 Å². The first-order chi connectivity index (χ1) is 3.80. The number of benzene rings is 1. The maximum atomic E-state index is 5.56. The molecule has 0 aliphatic heterocycles. The van der Waals surface area contributed by atoms with Crippen molar-refractivity contribution < 1.29 is 0 Å². The van der Waals surface area contributed by atoms with E-state index in [4.69, 9.17) is 5.73 Å². The zero-order valence-corrected chi connectivity index (χ0v) is 8.95. The molecule has 0 unspecified atom stereocenters. The van der Waals surface area contributed by atoms with E-state index in [1.165, 1.54) is 3.12 Å². The Labute approximate surface area is 64.6 Å². The number of nitrogen functional groups attached to an aromatic ring is 1. The molecule has 1 aromatic carbocycles. The second-order valence-electron chi connectivity index (χ2n) is 1.63. The van der Waals surface area contributed by atoms with E-state index in [2.05, 4.69) is 6.07 Å². The van der Waals surface area contributed by atoms with Crippen LogP contribution in [0.25, 0.3) is 0 Å². The van der Waals surface area contributed by atoms with Crippen LogP contribution in [0.3, 0.4) is 0 Å². The van der Waals surface area contributed by atoms with E-state index in [0.717, 1.165) is 31.5 Å². The number of nitrogens with two attached hydrogens (primary N) is 1. The molecule has 1 aromatic rings. The Bertz CT molecular complexity index is 165. The molecule has 1 nitrogen and oxygen atoms in total. The molecule has 2 N–H and O–H groups in total. The summed E-state index contributed by atoms with van der Waals surface area (Å²) in [4.78, 5) is 0. The molecule has 1 rings (SSSR count). The van der Waals surface area contributed by atoms with Gasteiger partial charge in [-0.1, -0.05) is 0 Å². The molecule has 0 saturated carbocycles. The molecule has 8 heavy (non-hydrogen) atoms. The summed E-state index contributed by atoms with van der Waals surface area (Å²) in [5.74, 6) is 0. The van der Waals surface area contributed by atoms with Crippen LogP contribution >= 0.6 is 0 Å². The Kier molecular flexibility index (Phi) is 1.88. The number of hydrogen-bond acceptors (Lipinski definition) is 1. The third-order valence-electron chi connectivity index (χ3n) is 0.996. The maximum absolute atomic E-state index is 5.56. The van der Waals surface area contributed by atoms with Crippen LogP contribution in [0.5, 0.6) is 0 Å². The van der Waals surface area contributed by atoms with Crippen molar-refractivity contribution in [2.45, 2.75) is 0 Å². The number of rotatable bonds is 0. The van der Waals surface area contributed by atoms with Gasteiger partial charge in [0.2, 0.25) is 0 Å². The molecule has 0 aliphatic carbocycles. The van der Waals surface area contributed by atoms with Crippen LogP contribution in [-0.2, 0) is 0 Å². The van der Waals surface area contributed by atoms with Crippen LogP contribution in [0, 0.1) is 0 Å². The molecule has 0 bridgehead atoms. The Morgan fingerprint density at radius 2 is 1.88 bits per heavy atom. The summed E-state index contributed by atoms with van der Waals surface area (Å²) in [5, 5.41) is 0. The molecule has 0 spiro atoms. The molecule has 0 fully saturated rings. The van der Waals surface area contributed by atoms with Gasteiger partial charge in [-0.2, -0.15) is 0 Å². The molecule has 0 atom stereocenters. The monoisotopic (exact) mass is 297 g/mol. The summed E-state index contributed by atoms with van der Waals surface area (Å²) in [7, 11) is 0. The molecule has 38 valence electrons. The average molecular weight is 297 g/mol. The molecule has 0 aromatic heterocycles. The van der Waals surface area contributed by atoms with E-state index >= 15 is 0 Å². The van der Waals surface area contributed by atoms with Crippen LogP contribution < -0.4 is 8.86 Å². The average Bonchev–Trinajstić information content (AvgIpc) is 1.77. The summed E-state index contributed by atoms with van der Waals surface area (Å²) in [6.07, 6.45) is 0. The first-order valence-electron chi connectivity index (χ1n) is 2.40. The van der Waals surface area contributed by atoms with E-state index in [0.29, 0.717) is 0 Å². The van der Waals surface area contributed by atoms with E-state index in [-0.39, 0.29) is 0 Å². The minimum absolute atomic E-state index is 0.862. The van der Waals surface area contributed by atoms with Crippen molar-refractivity contribution in [3.63, 3.8) is 0 Å². The van der Waals surface area contributed by atoms with Gasteiger partial charge in [-0.3, -0.25) is 0 Å². The number of anilines is 1. The van der Waals surface area contributed by atoms with Crippen molar-refractivity contribution >= 4 is 34.6 Å². The summed E-state index contributed by atoms with van der Waals surface area (Å²) in [5.41, 5.74) is 6.50. The fourth-order valence-corrected chi connectivity index (χ4v) is 1.32. The standard InChI is InChI=1S/C6H6N.Tl/c7-6-4-2-1-3-5-6;/h1-4H,7H2;. The molecule has 0 heterocycles. The third-order valence-corrected chi connectivity index (χ3v) is 3.04. The predicted octanol–water partition coefficient (Wildman–Crippen LogP) is 0.0626. The summed E-state index contributed by atoms with van der Waals surface area (Å²) in [6, 6.07) is 7.99. The second-order valence-corrected chi connectivity index (χ2v) is 4.05. The number of para-hydroxylation sites is 1. The SMILES string of the molecule is Nc1cccc[c]1[Tl]. The van der Waals surface area contributed by atoms with Crippen LogP contribution in [-0.4, -0.2) is 25.8 Å². The summed E-state index contributed by atoms with van der Waals surface area (Å²) >= 11 is 0.862. The number of hydrogen-bond donors (Lipinski definition) is 1. The van der Waals surface area contributed by atoms with Crippen molar-refractivity contribution in [2.75, 3.05) is 5.73 Å². The van der Waals surface area contributed by atoms with Gasteiger partial charge in [0.1, 0.15) is 0 Å². The molecule has 0 amide bonds. The first-order valence-corrected chi connectivity index (χ1v) is 4.65. The van der Waals surface area contributed by atoms with E-state index in [9.17, 15) is 0 Å². The van der Waals surface area contributed by atoms with Crippen molar-refractivity contribution in [1.82, 2.24) is 0 Å². The Morgan fingerprint density at radius 3 is 2.25 bits per heavy atom. The second kappa shape index (κ2) is 2.48. The van der Waals surface area contributed by atoms with Gasteiger partial charge >= 0.3 is 64.6 Å². The predicted molar refractivity (Wildman–Crippen MR) is 36.2 cm³/mol. The van der Waals surface area contributed by atoms with Crippen molar-refractivity contribution in [2.24, 2.45) is 0 Å². The fraction of sp³-hybridized carbons (Fsp3) is 0.